The molecule has 0 amide bonds. The van der Waals surface area contributed by atoms with Crippen LogP contribution in [0.1, 0.15) is 0 Å². The summed E-state index contributed by atoms with van der Waals surface area (Å²) in [6.07, 6.45) is 1.91. The molecule has 146 valence electrons. The van der Waals surface area contributed by atoms with Gasteiger partial charge in [0.05, 0.1) is 26.4 Å². The summed E-state index contributed by atoms with van der Waals surface area (Å²) in [6, 6.07) is 21.8. The predicted octanol–water partition coefficient (Wildman–Crippen LogP) is 6.38. The fraction of sp³-hybridized carbons (Fsp3) is 0. The lowest BCUT2D eigenvalue weighted by molar-refractivity contribution is -0.384. The van der Waals surface area contributed by atoms with Crippen LogP contribution in [0.5, 0.6) is 0 Å². The summed E-state index contributed by atoms with van der Waals surface area (Å²) in [5.74, 6) is 0. The van der Waals surface area contributed by atoms with Crippen LogP contribution in [0.2, 0.25) is 5.02 Å². The highest BCUT2D eigenvalue weighted by Crippen LogP contribution is 2.37. The molecule has 0 aliphatic carbocycles. The summed E-state index contributed by atoms with van der Waals surface area (Å²) in [4.78, 5) is 15.3. The van der Waals surface area contributed by atoms with Crippen molar-refractivity contribution in [1.29, 1.82) is 0 Å². The summed E-state index contributed by atoms with van der Waals surface area (Å²) in [6.45, 7) is 0. The monoisotopic (exact) mass is 432 g/mol. The third kappa shape index (κ3) is 3.34. The first-order chi connectivity index (χ1) is 14.6. The van der Waals surface area contributed by atoms with E-state index in [1.807, 2.05) is 54.7 Å². The van der Waals surface area contributed by atoms with E-state index >= 15 is 0 Å². The molecule has 0 bridgehead atoms. The molecule has 0 N–H and O–H groups in total. The Balaban J connectivity index is 1.67. The van der Waals surface area contributed by atoms with Gasteiger partial charge in [-0.2, -0.15) is 5.10 Å². The zero-order valence-corrected chi connectivity index (χ0v) is 17.0. The Kier molecular flexibility index (Phi) is 4.54. The summed E-state index contributed by atoms with van der Waals surface area (Å²) < 4.78 is 2.76. The van der Waals surface area contributed by atoms with Crippen LogP contribution in [0.25, 0.3) is 37.7 Å². The summed E-state index contributed by atoms with van der Waals surface area (Å²) in [5.41, 5.74) is 4.25. The Morgan fingerprint density at radius 1 is 1.00 bits per heavy atom. The van der Waals surface area contributed by atoms with E-state index in [0.29, 0.717) is 5.02 Å². The van der Waals surface area contributed by atoms with E-state index in [2.05, 4.69) is 0 Å². The minimum absolute atomic E-state index is 0.0393. The lowest BCUT2D eigenvalue weighted by atomic mass is 10.1. The number of nitro benzene ring substituents is 1. The topological polar surface area (TPSA) is 73.8 Å². The second kappa shape index (κ2) is 7.37. The molecule has 0 atom stereocenters. The molecule has 6 nitrogen and oxygen atoms in total. The van der Waals surface area contributed by atoms with Gasteiger partial charge in [0, 0.05) is 28.9 Å². The maximum Gasteiger partial charge on any atom is 0.269 e. The molecule has 0 radical (unpaired) electrons. The van der Waals surface area contributed by atoms with Gasteiger partial charge in [-0.25, -0.2) is 9.67 Å². The van der Waals surface area contributed by atoms with Gasteiger partial charge in [-0.05, 0) is 30.3 Å². The van der Waals surface area contributed by atoms with Crippen LogP contribution in [-0.2, 0) is 0 Å². The molecule has 5 aromatic rings. The van der Waals surface area contributed by atoms with Gasteiger partial charge in [-0.15, -0.1) is 11.3 Å². The smallest absolute Gasteiger partial charge is 0.258 e. The van der Waals surface area contributed by atoms with E-state index < -0.39 is 4.92 Å². The van der Waals surface area contributed by atoms with Crippen molar-refractivity contribution in [1.82, 2.24) is 14.8 Å². The molecule has 0 saturated carbocycles. The molecule has 2 aromatic heterocycles. The fourth-order valence-electron chi connectivity index (χ4n) is 3.21. The van der Waals surface area contributed by atoms with Crippen molar-refractivity contribution in [3.05, 3.63) is 94.1 Å². The molecule has 2 heterocycles. The van der Waals surface area contributed by atoms with E-state index in [4.69, 9.17) is 21.7 Å². The molecule has 0 aliphatic rings. The Labute approximate surface area is 180 Å². The number of rotatable bonds is 4. The van der Waals surface area contributed by atoms with Crippen molar-refractivity contribution in [2.45, 2.75) is 0 Å². The summed E-state index contributed by atoms with van der Waals surface area (Å²) >= 11 is 7.69. The average Bonchev–Trinajstić information content (AvgIpc) is 3.38. The van der Waals surface area contributed by atoms with E-state index in [-0.39, 0.29) is 5.69 Å². The van der Waals surface area contributed by atoms with E-state index in [0.717, 1.165) is 37.7 Å². The third-order valence-corrected chi connectivity index (χ3v) is 5.97. The number of thiazole rings is 1. The first kappa shape index (κ1) is 18.5. The molecular formula is C22H13ClN4O2S. The maximum absolute atomic E-state index is 11.0. The molecule has 0 aliphatic heterocycles. The number of aromatic nitrogens is 3. The normalized spacial score (nSPS) is 11.1. The van der Waals surface area contributed by atoms with Gasteiger partial charge in [-0.3, -0.25) is 10.1 Å². The van der Waals surface area contributed by atoms with Crippen molar-refractivity contribution in [2.24, 2.45) is 0 Å². The average molecular weight is 433 g/mol. The maximum atomic E-state index is 11.0. The molecule has 5 rings (SSSR count). The van der Waals surface area contributed by atoms with Crippen molar-refractivity contribution in [3.63, 3.8) is 0 Å². The second-order valence-electron chi connectivity index (χ2n) is 6.61. The molecule has 0 saturated heterocycles. The fourth-order valence-corrected chi connectivity index (χ4v) is 4.34. The number of hydrogen-bond donors (Lipinski definition) is 0. The Bertz CT molecular complexity index is 1380. The Morgan fingerprint density at radius 2 is 1.77 bits per heavy atom. The summed E-state index contributed by atoms with van der Waals surface area (Å²) in [7, 11) is 0. The van der Waals surface area contributed by atoms with Crippen LogP contribution >= 0.6 is 22.9 Å². The van der Waals surface area contributed by atoms with Gasteiger partial charge in [0.15, 0.2) is 0 Å². The minimum Gasteiger partial charge on any atom is -0.258 e. The van der Waals surface area contributed by atoms with Gasteiger partial charge in [-0.1, -0.05) is 41.9 Å². The van der Waals surface area contributed by atoms with Gasteiger partial charge in [0.25, 0.3) is 5.69 Å². The van der Waals surface area contributed by atoms with Crippen LogP contribution in [-0.4, -0.2) is 19.7 Å². The lowest BCUT2D eigenvalue weighted by Crippen LogP contribution is -1.95. The summed E-state index contributed by atoms with van der Waals surface area (Å²) in [5, 5.41) is 17.2. The third-order valence-electron chi connectivity index (χ3n) is 4.67. The number of hydrogen-bond acceptors (Lipinski definition) is 5. The number of nitrogens with zero attached hydrogens (tertiary/aromatic N) is 4. The lowest BCUT2D eigenvalue weighted by Gasteiger charge is -2.01. The number of fused-ring (bicyclic) bond motifs is 1. The van der Waals surface area contributed by atoms with Crippen molar-refractivity contribution in [2.75, 3.05) is 0 Å². The van der Waals surface area contributed by atoms with Crippen LogP contribution in [0.4, 0.5) is 5.69 Å². The second-order valence-corrected chi connectivity index (χ2v) is 8.07. The van der Waals surface area contributed by atoms with Crippen LogP contribution in [0.15, 0.2) is 79.0 Å². The molecule has 8 heteroatoms. The molecule has 0 unspecified atom stereocenters. The molecule has 3 aromatic carbocycles. The van der Waals surface area contributed by atoms with E-state index in [1.165, 1.54) is 12.1 Å². The largest absolute Gasteiger partial charge is 0.269 e. The minimum atomic E-state index is -0.417. The molecule has 0 fully saturated rings. The van der Waals surface area contributed by atoms with Gasteiger partial charge in [0.2, 0.25) is 0 Å². The highest BCUT2D eigenvalue weighted by atomic mass is 35.5. The van der Waals surface area contributed by atoms with Gasteiger partial charge < -0.3 is 0 Å². The van der Waals surface area contributed by atoms with Gasteiger partial charge in [0.1, 0.15) is 10.7 Å². The van der Waals surface area contributed by atoms with E-state index in [9.17, 15) is 10.1 Å². The zero-order valence-electron chi connectivity index (χ0n) is 15.4. The number of halogens is 1. The van der Waals surface area contributed by atoms with Crippen molar-refractivity contribution >= 4 is 38.8 Å². The highest BCUT2D eigenvalue weighted by Gasteiger charge is 2.18. The van der Waals surface area contributed by atoms with Crippen LogP contribution in [0.3, 0.4) is 0 Å². The zero-order chi connectivity index (χ0) is 20.7. The van der Waals surface area contributed by atoms with Crippen LogP contribution in [0, 0.1) is 10.1 Å². The van der Waals surface area contributed by atoms with Crippen LogP contribution < -0.4 is 0 Å². The number of nitro groups is 1. The van der Waals surface area contributed by atoms with Gasteiger partial charge >= 0.3 is 0 Å². The predicted molar refractivity (Wildman–Crippen MR) is 119 cm³/mol. The number of benzene rings is 3. The Hall–Kier alpha value is -3.55. The molecule has 0 spiro atoms. The van der Waals surface area contributed by atoms with Crippen molar-refractivity contribution in [3.8, 4) is 27.5 Å². The van der Waals surface area contributed by atoms with E-state index in [1.54, 1.807) is 28.2 Å². The standard InChI is InChI=1S/C22H13ClN4O2S/c23-15-6-11-20-19(12-15)24-22(30-20)18-13-26(16-7-9-17(10-8-16)27(28)29)25-21(18)14-4-2-1-3-5-14/h1-13H. The quantitative estimate of drug-likeness (QED) is 0.244. The highest BCUT2D eigenvalue weighted by molar-refractivity contribution is 7.21. The first-order valence-corrected chi connectivity index (χ1v) is 10.2. The Morgan fingerprint density at radius 3 is 2.50 bits per heavy atom. The SMILES string of the molecule is O=[N+]([O-])c1ccc(-n2cc(-c3nc4cc(Cl)ccc4s3)c(-c3ccccc3)n2)cc1. The molecule has 30 heavy (non-hydrogen) atoms. The first-order valence-electron chi connectivity index (χ1n) is 9.05. The molecular weight excluding hydrogens is 420 g/mol. The number of non-ortho nitro benzene ring substituents is 1. The van der Waals surface area contributed by atoms with Crippen molar-refractivity contribution < 1.29 is 4.92 Å².